The van der Waals surface area contributed by atoms with Gasteiger partial charge in [0.15, 0.2) is 0 Å². The predicted molar refractivity (Wildman–Crippen MR) is 102 cm³/mol. The van der Waals surface area contributed by atoms with Crippen LogP contribution in [0.1, 0.15) is 75.3 Å². The van der Waals surface area contributed by atoms with E-state index in [1.807, 2.05) is 0 Å². The molecular weight excluding hydrogens is 312 g/mol. The van der Waals surface area contributed by atoms with E-state index in [4.69, 9.17) is 4.74 Å². The molecule has 3 heteroatoms. The zero-order chi connectivity index (χ0) is 18.2. The molecular formula is C22H32O3. The van der Waals surface area contributed by atoms with Crippen LogP contribution in [-0.4, -0.2) is 24.3 Å². The molecule has 3 nitrogen and oxygen atoms in total. The van der Waals surface area contributed by atoms with Crippen LogP contribution in [0.2, 0.25) is 0 Å². The van der Waals surface area contributed by atoms with E-state index in [1.54, 1.807) is 6.92 Å². The second kappa shape index (κ2) is 9.76. The minimum atomic E-state index is -0.404. The van der Waals surface area contributed by atoms with Crippen LogP contribution < -0.4 is 0 Å². The summed E-state index contributed by atoms with van der Waals surface area (Å²) in [6.07, 6.45) is 7.91. The van der Waals surface area contributed by atoms with Crippen molar-refractivity contribution >= 4 is 5.97 Å². The van der Waals surface area contributed by atoms with Crippen LogP contribution in [0, 0.1) is 5.92 Å². The van der Waals surface area contributed by atoms with E-state index >= 15 is 0 Å². The second-order valence-electron chi connectivity index (χ2n) is 7.43. The number of esters is 1. The molecule has 138 valence electrons. The number of hydrogen-bond acceptors (Lipinski definition) is 3. The highest BCUT2D eigenvalue weighted by molar-refractivity contribution is 5.86. The van der Waals surface area contributed by atoms with Crippen molar-refractivity contribution in [2.45, 2.75) is 64.2 Å². The Balaban J connectivity index is 1.92. The summed E-state index contributed by atoms with van der Waals surface area (Å²) >= 11 is 0. The molecule has 0 saturated heterocycles. The Morgan fingerprint density at radius 3 is 2.40 bits per heavy atom. The fourth-order valence-corrected chi connectivity index (χ4v) is 3.79. The SMILES string of the molecule is C=C(C)C(=O)OCC(CO)c1ccc(C2CCC(CCC)CC2)cc1. The van der Waals surface area contributed by atoms with Gasteiger partial charge in [-0.25, -0.2) is 4.79 Å². The van der Waals surface area contributed by atoms with Gasteiger partial charge in [0.1, 0.15) is 6.61 Å². The minimum absolute atomic E-state index is 0.0368. The molecule has 1 aliphatic carbocycles. The van der Waals surface area contributed by atoms with Crippen molar-refractivity contribution in [2.75, 3.05) is 13.2 Å². The van der Waals surface area contributed by atoms with Crippen molar-refractivity contribution in [1.82, 2.24) is 0 Å². The normalized spacial score (nSPS) is 21.6. The van der Waals surface area contributed by atoms with Gasteiger partial charge >= 0.3 is 5.97 Å². The highest BCUT2D eigenvalue weighted by Gasteiger charge is 2.22. The number of ether oxygens (including phenoxy) is 1. The van der Waals surface area contributed by atoms with Gasteiger partial charge in [-0.15, -0.1) is 0 Å². The molecule has 1 aromatic rings. The van der Waals surface area contributed by atoms with Gasteiger partial charge in [-0.05, 0) is 55.6 Å². The van der Waals surface area contributed by atoms with Crippen molar-refractivity contribution < 1.29 is 14.6 Å². The molecule has 1 saturated carbocycles. The van der Waals surface area contributed by atoms with Crippen LogP contribution >= 0.6 is 0 Å². The lowest BCUT2D eigenvalue weighted by Gasteiger charge is -2.29. The van der Waals surface area contributed by atoms with Crippen molar-refractivity contribution in [3.63, 3.8) is 0 Å². The first kappa shape index (κ1) is 19.7. The standard InChI is InChI=1S/C22H32O3/c1-4-5-17-6-8-18(9-7-17)19-10-12-20(13-11-19)21(14-23)15-25-22(24)16(2)3/h10-13,17-18,21,23H,2,4-9,14-15H2,1,3H3. The van der Waals surface area contributed by atoms with Crippen LogP contribution in [0.5, 0.6) is 0 Å². The van der Waals surface area contributed by atoms with E-state index in [-0.39, 0.29) is 19.1 Å². The summed E-state index contributed by atoms with van der Waals surface area (Å²) in [5.41, 5.74) is 2.79. The molecule has 1 fully saturated rings. The summed E-state index contributed by atoms with van der Waals surface area (Å²) < 4.78 is 5.19. The van der Waals surface area contributed by atoms with E-state index < -0.39 is 5.97 Å². The zero-order valence-corrected chi connectivity index (χ0v) is 15.7. The summed E-state index contributed by atoms with van der Waals surface area (Å²) in [6, 6.07) is 8.51. The molecule has 1 N–H and O–H groups in total. The topological polar surface area (TPSA) is 46.5 Å². The Bertz CT molecular complexity index is 553. The maximum atomic E-state index is 11.5. The fraction of sp³-hybridized carbons (Fsp3) is 0.591. The lowest BCUT2D eigenvalue weighted by atomic mass is 9.77. The van der Waals surface area contributed by atoms with E-state index in [2.05, 4.69) is 37.8 Å². The van der Waals surface area contributed by atoms with Crippen LogP contribution in [-0.2, 0) is 9.53 Å². The third kappa shape index (κ3) is 5.71. The van der Waals surface area contributed by atoms with Gasteiger partial charge in [-0.3, -0.25) is 0 Å². The summed E-state index contributed by atoms with van der Waals surface area (Å²) in [5, 5.41) is 9.61. The molecule has 1 aliphatic rings. The van der Waals surface area contributed by atoms with Gasteiger partial charge < -0.3 is 9.84 Å². The number of aliphatic hydroxyl groups excluding tert-OH is 1. The highest BCUT2D eigenvalue weighted by atomic mass is 16.5. The molecule has 2 rings (SSSR count). The number of hydrogen-bond donors (Lipinski definition) is 1. The molecule has 0 radical (unpaired) electrons. The Kier molecular flexibility index (Phi) is 7.70. The molecule has 25 heavy (non-hydrogen) atoms. The number of rotatable bonds is 8. The molecule has 0 amide bonds. The second-order valence-corrected chi connectivity index (χ2v) is 7.43. The lowest BCUT2D eigenvalue weighted by molar-refractivity contribution is -0.139. The third-order valence-corrected chi connectivity index (χ3v) is 5.41. The van der Waals surface area contributed by atoms with Gasteiger partial charge in [-0.1, -0.05) is 50.6 Å². The predicted octanol–water partition coefficient (Wildman–Crippen LogP) is 4.96. The average Bonchev–Trinajstić information content (AvgIpc) is 2.63. The summed E-state index contributed by atoms with van der Waals surface area (Å²) in [7, 11) is 0. The van der Waals surface area contributed by atoms with Gasteiger partial charge in [0.05, 0.1) is 6.61 Å². The van der Waals surface area contributed by atoms with E-state index in [0.717, 1.165) is 11.5 Å². The minimum Gasteiger partial charge on any atom is -0.462 e. The van der Waals surface area contributed by atoms with E-state index in [9.17, 15) is 9.90 Å². The Labute approximate surface area is 152 Å². The molecule has 0 aliphatic heterocycles. The number of benzene rings is 1. The smallest absolute Gasteiger partial charge is 0.333 e. The molecule has 0 spiro atoms. The molecule has 0 heterocycles. The highest BCUT2D eigenvalue weighted by Crippen LogP contribution is 2.37. The number of aliphatic hydroxyl groups is 1. The fourth-order valence-electron chi connectivity index (χ4n) is 3.79. The van der Waals surface area contributed by atoms with Crippen molar-refractivity contribution in [2.24, 2.45) is 5.92 Å². The van der Waals surface area contributed by atoms with Gasteiger partial charge in [0.2, 0.25) is 0 Å². The van der Waals surface area contributed by atoms with Crippen molar-refractivity contribution in [3.05, 3.63) is 47.5 Å². The first-order valence-corrected chi connectivity index (χ1v) is 9.58. The van der Waals surface area contributed by atoms with Gasteiger partial charge in [0.25, 0.3) is 0 Å². The zero-order valence-electron chi connectivity index (χ0n) is 15.7. The Morgan fingerprint density at radius 1 is 1.24 bits per heavy atom. The number of carbonyl (C=O) groups excluding carboxylic acids is 1. The molecule has 0 bridgehead atoms. The molecule has 1 atom stereocenters. The van der Waals surface area contributed by atoms with Crippen LogP contribution in [0.15, 0.2) is 36.4 Å². The summed E-state index contributed by atoms with van der Waals surface area (Å²) in [4.78, 5) is 11.5. The van der Waals surface area contributed by atoms with Crippen LogP contribution in [0.3, 0.4) is 0 Å². The van der Waals surface area contributed by atoms with Crippen LogP contribution in [0.25, 0.3) is 0 Å². The monoisotopic (exact) mass is 344 g/mol. The lowest BCUT2D eigenvalue weighted by Crippen LogP contribution is -2.16. The van der Waals surface area contributed by atoms with Crippen molar-refractivity contribution in [1.29, 1.82) is 0 Å². The van der Waals surface area contributed by atoms with Gasteiger partial charge in [-0.2, -0.15) is 0 Å². The molecule has 0 aromatic heterocycles. The third-order valence-electron chi connectivity index (χ3n) is 5.41. The molecule has 1 unspecified atom stereocenters. The number of carbonyl (C=O) groups is 1. The van der Waals surface area contributed by atoms with Crippen molar-refractivity contribution in [3.8, 4) is 0 Å². The largest absolute Gasteiger partial charge is 0.462 e. The average molecular weight is 344 g/mol. The Hall–Kier alpha value is -1.61. The summed E-state index contributed by atoms with van der Waals surface area (Å²) in [6.45, 7) is 7.62. The summed E-state index contributed by atoms with van der Waals surface area (Å²) in [5.74, 6) is 0.995. The van der Waals surface area contributed by atoms with Crippen LogP contribution in [0.4, 0.5) is 0 Å². The van der Waals surface area contributed by atoms with Gasteiger partial charge in [0, 0.05) is 11.5 Å². The van der Waals surface area contributed by atoms with E-state index in [1.165, 1.54) is 44.1 Å². The molecule has 1 aromatic carbocycles. The first-order chi connectivity index (χ1) is 12.0. The quantitative estimate of drug-likeness (QED) is 0.536. The van der Waals surface area contributed by atoms with E-state index in [0.29, 0.717) is 11.5 Å². The maximum Gasteiger partial charge on any atom is 0.333 e. The maximum absolute atomic E-state index is 11.5. The Morgan fingerprint density at radius 2 is 1.88 bits per heavy atom. The first-order valence-electron chi connectivity index (χ1n) is 9.58.